The summed E-state index contributed by atoms with van der Waals surface area (Å²) in [4.78, 5) is 0. The minimum absolute atomic E-state index is 0.738. The summed E-state index contributed by atoms with van der Waals surface area (Å²) in [5.74, 6) is 0. The van der Waals surface area contributed by atoms with Gasteiger partial charge in [0, 0.05) is 22.1 Å². The molecule has 1 rings (SSSR count). The van der Waals surface area contributed by atoms with E-state index in [1.54, 1.807) is 0 Å². The van der Waals surface area contributed by atoms with Crippen LogP contribution in [0.15, 0.2) is 27.1 Å². The molecule has 0 saturated heterocycles. The fourth-order valence-electron chi connectivity index (χ4n) is 1.16. The Kier molecular flexibility index (Phi) is 6.29. The third kappa shape index (κ3) is 4.53. The van der Waals surface area contributed by atoms with Crippen molar-refractivity contribution in [1.29, 1.82) is 0 Å². The van der Waals surface area contributed by atoms with Gasteiger partial charge in [-0.2, -0.15) is 0 Å². The monoisotopic (exact) mass is 335 g/mol. The maximum atomic E-state index is 5.39. The van der Waals surface area contributed by atoms with Gasteiger partial charge in [0.2, 0.25) is 0 Å². The molecule has 0 aliphatic heterocycles. The normalized spacial score (nSPS) is 10.3. The zero-order valence-electron chi connectivity index (χ0n) is 8.72. The number of hydrogen-bond donors (Lipinski definition) is 1. The number of hydrogen-bond acceptors (Lipinski definition) is 2. The van der Waals surface area contributed by atoms with Crippen LogP contribution in [0.1, 0.15) is 13.3 Å². The Labute approximate surface area is 108 Å². The molecule has 0 spiro atoms. The van der Waals surface area contributed by atoms with Crippen molar-refractivity contribution < 1.29 is 4.74 Å². The van der Waals surface area contributed by atoms with E-state index in [9.17, 15) is 0 Å². The Balaban J connectivity index is 2.37. The first kappa shape index (κ1) is 13.0. The fraction of sp³-hybridized carbons (Fsp3) is 0.455. The molecule has 0 heterocycles. The van der Waals surface area contributed by atoms with E-state index in [0.717, 1.165) is 40.8 Å². The molecule has 15 heavy (non-hydrogen) atoms. The number of rotatable bonds is 6. The molecule has 0 unspecified atom stereocenters. The average Bonchev–Trinajstić information content (AvgIpc) is 2.21. The first-order valence-corrected chi connectivity index (χ1v) is 6.60. The molecule has 0 aromatic heterocycles. The summed E-state index contributed by atoms with van der Waals surface area (Å²) in [6, 6.07) is 6.02. The Bertz CT molecular complexity index is 284. The van der Waals surface area contributed by atoms with Crippen molar-refractivity contribution in [2.24, 2.45) is 0 Å². The third-order valence-corrected chi connectivity index (χ3v) is 3.18. The van der Waals surface area contributed by atoms with E-state index in [4.69, 9.17) is 4.74 Å². The van der Waals surface area contributed by atoms with Crippen LogP contribution >= 0.6 is 31.9 Å². The van der Waals surface area contributed by atoms with E-state index in [1.165, 1.54) is 0 Å². The molecular weight excluding hydrogens is 322 g/mol. The van der Waals surface area contributed by atoms with Crippen LogP contribution in [0.2, 0.25) is 0 Å². The van der Waals surface area contributed by atoms with E-state index >= 15 is 0 Å². The highest BCUT2D eigenvalue weighted by molar-refractivity contribution is 9.11. The van der Waals surface area contributed by atoms with E-state index in [-0.39, 0.29) is 0 Å². The maximum absolute atomic E-state index is 5.39. The lowest BCUT2D eigenvalue weighted by atomic mass is 10.3. The van der Waals surface area contributed by atoms with Gasteiger partial charge in [0.25, 0.3) is 0 Å². The number of halogens is 2. The topological polar surface area (TPSA) is 21.3 Å². The first-order valence-electron chi connectivity index (χ1n) is 5.01. The van der Waals surface area contributed by atoms with Crippen LogP contribution in [0.5, 0.6) is 0 Å². The lowest BCUT2D eigenvalue weighted by Crippen LogP contribution is -2.10. The van der Waals surface area contributed by atoms with Gasteiger partial charge >= 0.3 is 0 Å². The number of benzene rings is 1. The summed E-state index contributed by atoms with van der Waals surface area (Å²) in [6.45, 7) is 4.50. The molecule has 0 aliphatic carbocycles. The Morgan fingerprint density at radius 2 is 1.87 bits per heavy atom. The molecule has 1 aromatic rings. The van der Waals surface area contributed by atoms with Crippen LogP contribution in [-0.4, -0.2) is 19.8 Å². The molecule has 1 N–H and O–H groups in total. The van der Waals surface area contributed by atoms with Crippen molar-refractivity contribution in [2.45, 2.75) is 13.3 Å². The van der Waals surface area contributed by atoms with Gasteiger partial charge in [0.05, 0.1) is 12.3 Å². The van der Waals surface area contributed by atoms with Gasteiger partial charge in [-0.1, -0.05) is 13.0 Å². The molecule has 0 atom stereocenters. The predicted molar refractivity (Wildman–Crippen MR) is 71.4 cm³/mol. The molecule has 84 valence electrons. The van der Waals surface area contributed by atoms with Crippen molar-refractivity contribution in [1.82, 2.24) is 0 Å². The third-order valence-electron chi connectivity index (χ3n) is 1.86. The van der Waals surface area contributed by atoms with Crippen molar-refractivity contribution in [3.05, 3.63) is 27.1 Å². The van der Waals surface area contributed by atoms with Crippen LogP contribution < -0.4 is 5.32 Å². The van der Waals surface area contributed by atoms with Gasteiger partial charge in [-0.05, 0) is 50.4 Å². The van der Waals surface area contributed by atoms with Crippen LogP contribution in [-0.2, 0) is 4.74 Å². The highest BCUT2D eigenvalue weighted by Crippen LogP contribution is 2.30. The predicted octanol–water partition coefficient (Wildman–Crippen LogP) is 4.05. The van der Waals surface area contributed by atoms with Crippen molar-refractivity contribution in [3.8, 4) is 0 Å². The van der Waals surface area contributed by atoms with Gasteiger partial charge in [0.1, 0.15) is 0 Å². The number of para-hydroxylation sites is 1. The van der Waals surface area contributed by atoms with E-state index in [2.05, 4.69) is 44.1 Å². The summed E-state index contributed by atoms with van der Waals surface area (Å²) in [5, 5.41) is 3.32. The van der Waals surface area contributed by atoms with Crippen molar-refractivity contribution in [3.63, 3.8) is 0 Å². The maximum Gasteiger partial charge on any atom is 0.0639 e. The zero-order chi connectivity index (χ0) is 11.1. The van der Waals surface area contributed by atoms with Crippen molar-refractivity contribution >= 4 is 37.5 Å². The molecule has 0 amide bonds. The second-order valence-corrected chi connectivity index (χ2v) is 4.84. The molecule has 0 bridgehead atoms. The van der Waals surface area contributed by atoms with Gasteiger partial charge in [-0.25, -0.2) is 0 Å². The summed E-state index contributed by atoms with van der Waals surface area (Å²) in [6.07, 6.45) is 1.07. The second kappa shape index (κ2) is 7.25. The smallest absolute Gasteiger partial charge is 0.0639 e. The van der Waals surface area contributed by atoms with Gasteiger partial charge in [-0.3, -0.25) is 0 Å². The molecule has 4 heteroatoms. The fourth-order valence-corrected chi connectivity index (χ4v) is 2.44. The van der Waals surface area contributed by atoms with E-state index in [1.807, 2.05) is 18.2 Å². The minimum Gasteiger partial charge on any atom is -0.381 e. The van der Waals surface area contributed by atoms with E-state index < -0.39 is 0 Å². The highest BCUT2D eigenvalue weighted by Gasteiger charge is 2.02. The molecule has 0 aliphatic rings. The minimum atomic E-state index is 0.738. The van der Waals surface area contributed by atoms with Crippen LogP contribution in [0.3, 0.4) is 0 Å². The molecule has 0 saturated carbocycles. The SMILES string of the molecule is CCCOCCNc1c(Br)cccc1Br. The summed E-state index contributed by atoms with van der Waals surface area (Å²) in [7, 11) is 0. The highest BCUT2D eigenvalue weighted by atomic mass is 79.9. The molecule has 1 aromatic carbocycles. The Morgan fingerprint density at radius 1 is 1.20 bits per heavy atom. The molecule has 0 fully saturated rings. The lowest BCUT2D eigenvalue weighted by molar-refractivity contribution is 0.144. The van der Waals surface area contributed by atoms with E-state index in [0.29, 0.717) is 0 Å². The van der Waals surface area contributed by atoms with Crippen molar-refractivity contribution in [2.75, 3.05) is 25.1 Å². The number of nitrogens with one attached hydrogen (secondary N) is 1. The van der Waals surface area contributed by atoms with Gasteiger partial charge < -0.3 is 10.1 Å². The quantitative estimate of drug-likeness (QED) is 0.791. The first-order chi connectivity index (χ1) is 7.25. The Hall–Kier alpha value is -0.0600. The van der Waals surface area contributed by atoms with Gasteiger partial charge in [-0.15, -0.1) is 0 Å². The summed E-state index contributed by atoms with van der Waals surface area (Å²) >= 11 is 6.99. The van der Waals surface area contributed by atoms with Crippen LogP contribution in [0.25, 0.3) is 0 Å². The average molecular weight is 337 g/mol. The largest absolute Gasteiger partial charge is 0.381 e. The van der Waals surface area contributed by atoms with Gasteiger partial charge in [0.15, 0.2) is 0 Å². The summed E-state index contributed by atoms with van der Waals surface area (Å²) < 4.78 is 7.52. The Morgan fingerprint density at radius 3 is 2.47 bits per heavy atom. The molecular formula is C11H15Br2NO. The summed E-state index contributed by atoms with van der Waals surface area (Å²) in [5.41, 5.74) is 1.08. The lowest BCUT2D eigenvalue weighted by Gasteiger charge is -2.10. The standard InChI is InChI=1S/C11H15Br2NO/c1-2-7-15-8-6-14-11-9(12)4-3-5-10(11)13/h3-5,14H,2,6-8H2,1H3. The number of anilines is 1. The number of ether oxygens (including phenoxy) is 1. The zero-order valence-corrected chi connectivity index (χ0v) is 11.9. The van der Waals surface area contributed by atoms with Crippen LogP contribution in [0, 0.1) is 0 Å². The second-order valence-electron chi connectivity index (χ2n) is 3.14. The molecule has 0 radical (unpaired) electrons. The molecule has 2 nitrogen and oxygen atoms in total. The van der Waals surface area contributed by atoms with Crippen LogP contribution in [0.4, 0.5) is 5.69 Å².